The van der Waals surface area contributed by atoms with E-state index in [2.05, 4.69) is 36.4 Å². The number of hydrogen-bond acceptors (Lipinski definition) is 4. The Hall–Kier alpha value is -3.34. The van der Waals surface area contributed by atoms with Crippen LogP contribution in [0.2, 0.25) is 0 Å². The number of anilines is 2. The summed E-state index contributed by atoms with van der Waals surface area (Å²) in [5.74, 6) is 0.606. The van der Waals surface area contributed by atoms with Gasteiger partial charge in [0.05, 0.1) is 19.0 Å². The lowest BCUT2D eigenvalue weighted by atomic mass is 9.87. The Morgan fingerprint density at radius 3 is 2.14 bits per heavy atom. The van der Waals surface area contributed by atoms with E-state index in [1.807, 2.05) is 54.6 Å². The van der Waals surface area contributed by atoms with E-state index in [0.29, 0.717) is 12.2 Å². The van der Waals surface area contributed by atoms with Crippen molar-refractivity contribution in [3.63, 3.8) is 0 Å². The van der Waals surface area contributed by atoms with Gasteiger partial charge in [0.15, 0.2) is 0 Å². The third kappa shape index (κ3) is 5.57. The van der Waals surface area contributed by atoms with Crippen LogP contribution in [0.3, 0.4) is 0 Å². The Kier molecular flexibility index (Phi) is 6.17. The number of methoxy groups -OCH3 is 1. The van der Waals surface area contributed by atoms with Crippen LogP contribution in [0.5, 0.6) is 5.75 Å². The molecule has 0 fully saturated rings. The zero-order valence-electron chi connectivity index (χ0n) is 17.3. The molecule has 3 rings (SSSR count). The molecule has 1 heterocycles. The fourth-order valence-electron chi connectivity index (χ4n) is 2.83. The van der Waals surface area contributed by atoms with Crippen LogP contribution in [0.25, 0.3) is 0 Å². The van der Waals surface area contributed by atoms with Crippen molar-refractivity contribution in [3.05, 3.63) is 83.7 Å². The van der Waals surface area contributed by atoms with E-state index in [4.69, 9.17) is 4.74 Å². The summed E-state index contributed by atoms with van der Waals surface area (Å²) in [7, 11) is 1.65. The number of rotatable bonds is 6. The van der Waals surface area contributed by atoms with Gasteiger partial charge in [-0.05, 0) is 52.9 Å². The van der Waals surface area contributed by atoms with Crippen LogP contribution in [0.4, 0.5) is 11.4 Å². The molecule has 1 aromatic heterocycles. The molecule has 29 heavy (non-hydrogen) atoms. The van der Waals surface area contributed by atoms with Gasteiger partial charge in [-0.25, -0.2) is 4.98 Å². The summed E-state index contributed by atoms with van der Waals surface area (Å²) in [6, 6.07) is 19.4. The molecule has 0 bridgehead atoms. The maximum atomic E-state index is 12.4. The third-order valence-electron chi connectivity index (χ3n) is 4.66. The molecule has 150 valence electrons. The summed E-state index contributed by atoms with van der Waals surface area (Å²) in [6.07, 6.45) is 1.67. The van der Waals surface area contributed by atoms with E-state index in [1.54, 1.807) is 19.4 Å². The average molecular weight is 389 g/mol. The molecule has 0 aliphatic rings. The highest BCUT2D eigenvalue weighted by atomic mass is 16.5. The van der Waals surface area contributed by atoms with Gasteiger partial charge in [0, 0.05) is 12.2 Å². The zero-order valence-corrected chi connectivity index (χ0v) is 17.3. The van der Waals surface area contributed by atoms with Crippen molar-refractivity contribution in [2.24, 2.45) is 0 Å². The Bertz CT molecular complexity index is 941. The van der Waals surface area contributed by atoms with E-state index >= 15 is 0 Å². The lowest BCUT2D eigenvalue weighted by Gasteiger charge is -2.19. The summed E-state index contributed by atoms with van der Waals surface area (Å²) in [5.41, 5.74) is 4.42. The minimum Gasteiger partial charge on any atom is -0.497 e. The monoisotopic (exact) mass is 389 g/mol. The first-order valence-electron chi connectivity index (χ1n) is 9.60. The first kappa shape index (κ1) is 20.4. The van der Waals surface area contributed by atoms with Crippen molar-refractivity contribution in [1.29, 1.82) is 0 Å². The molecule has 5 nitrogen and oxygen atoms in total. The van der Waals surface area contributed by atoms with Crippen LogP contribution in [0, 0.1) is 0 Å². The molecule has 0 saturated carbocycles. The van der Waals surface area contributed by atoms with Gasteiger partial charge in [-0.2, -0.15) is 0 Å². The van der Waals surface area contributed by atoms with Gasteiger partial charge in [0.2, 0.25) is 0 Å². The molecule has 5 heteroatoms. The highest BCUT2D eigenvalue weighted by Crippen LogP contribution is 2.23. The molecule has 0 unspecified atom stereocenters. The van der Waals surface area contributed by atoms with Crippen molar-refractivity contribution >= 4 is 17.3 Å². The van der Waals surface area contributed by atoms with Crippen molar-refractivity contribution in [3.8, 4) is 5.75 Å². The first-order chi connectivity index (χ1) is 13.8. The van der Waals surface area contributed by atoms with Gasteiger partial charge in [0.25, 0.3) is 5.91 Å². The second kappa shape index (κ2) is 8.78. The SMILES string of the molecule is COc1ccc(CNc2ccc(C(=O)Nc3ccc(C(C)(C)C)cc3)nc2)cc1. The van der Waals surface area contributed by atoms with Gasteiger partial charge in [-0.3, -0.25) is 4.79 Å². The normalized spacial score (nSPS) is 11.0. The minimum absolute atomic E-state index is 0.0821. The van der Waals surface area contributed by atoms with E-state index in [9.17, 15) is 4.79 Å². The van der Waals surface area contributed by atoms with E-state index in [0.717, 1.165) is 22.7 Å². The number of nitrogens with one attached hydrogen (secondary N) is 2. The lowest BCUT2D eigenvalue weighted by Crippen LogP contribution is -2.15. The number of hydrogen-bond donors (Lipinski definition) is 2. The maximum absolute atomic E-state index is 12.4. The topological polar surface area (TPSA) is 63.2 Å². The van der Waals surface area contributed by atoms with Crippen molar-refractivity contribution in [2.45, 2.75) is 32.7 Å². The number of aromatic nitrogens is 1. The number of benzene rings is 2. The number of nitrogens with zero attached hydrogens (tertiary/aromatic N) is 1. The Morgan fingerprint density at radius 1 is 0.931 bits per heavy atom. The maximum Gasteiger partial charge on any atom is 0.274 e. The number of ether oxygens (including phenoxy) is 1. The predicted molar refractivity (Wildman–Crippen MR) is 118 cm³/mol. The van der Waals surface area contributed by atoms with Crippen LogP contribution in [-0.2, 0) is 12.0 Å². The standard InChI is InChI=1S/C24H27N3O2/c1-24(2,3)18-7-9-19(10-8-18)27-23(28)22-14-11-20(16-26-22)25-15-17-5-12-21(29-4)13-6-17/h5-14,16,25H,15H2,1-4H3,(H,27,28). The van der Waals surface area contributed by atoms with Crippen LogP contribution in [0.15, 0.2) is 66.9 Å². The quantitative estimate of drug-likeness (QED) is 0.604. The number of carbonyl (C=O) groups excluding carboxylic acids is 1. The molecule has 0 aliphatic heterocycles. The Balaban J connectivity index is 1.56. The second-order valence-electron chi connectivity index (χ2n) is 7.92. The van der Waals surface area contributed by atoms with Gasteiger partial charge >= 0.3 is 0 Å². The first-order valence-corrected chi connectivity index (χ1v) is 9.60. The molecule has 2 N–H and O–H groups in total. The average Bonchev–Trinajstić information content (AvgIpc) is 2.72. The minimum atomic E-state index is -0.227. The fourth-order valence-corrected chi connectivity index (χ4v) is 2.83. The largest absolute Gasteiger partial charge is 0.497 e. The number of amides is 1. The lowest BCUT2D eigenvalue weighted by molar-refractivity contribution is 0.102. The second-order valence-corrected chi connectivity index (χ2v) is 7.92. The van der Waals surface area contributed by atoms with Crippen LogP contribution >= 0.6 is 0 Å². The van der Waals surface area contributed by atoms with Crippen LogP contribution in [-0.4, -0.2) is 18.0 Å². The Morgan fingerprint density at radius 2 is 1.59 bits per heavy atom. The van der Waals surface area contributed by atoms with Gasteiger partial charge < -0.3 is 15.4 Å². The molecule has 0 spiro atoms. The Labute approximate surface area is 172 Å². The summed E-state index contributed by atoms with van der Waals surface area (Å²) in [6.45, 7) is 7.15. The summed E-state index contributed by atoms with van der Waals surface area (Å²) >= 11 is 0. The van der Waals surface area contributed by atoms with E-state index in [1.165, 1.54) is 5.56 Å². The zero-order chi connectivity index (χ0) is 20.9. The van der Waals surface area contributed by atoms with Crippen molar-refractivity contribution in [2.75, 3.05) is 17.7 Å². The van der Waals surface area contributed by atoms with Gasteiger partial charge in [0.1, 0.15) is 11.4 Å². The van der Waals surface area contributed by atoms with Crippen LogP contribution in [0.1, 0.15) is 42.4 Å². The van der Waals surface area contributed by atoms with Crippen molar-refractivity contribution in [1.82, 2.24) is 4.98 Å². The molecule has 1 amide bonds. The molecule has 0 radical (unpaired) electrons. The smallest absolute Gasteiger partial charge is 0.274 e. The number of pyridine rings is 1. The van der Waals surface area contributed by atoms with Crippen molar-refractivity contribution < 1.29 is 9.53 Å². The number of carbonyl (C=O) groups is 1. The fraction of sp³-hybridized carbons (Fsp3) is 0.250. The van der Waals surface area contributed by atoms with E-state index in [-0.39, 0.29) is 11.3 Å². The highest BCUT2D eigenvalue weighted by Gasteiger charge is 2.13. The summed E-state index contributed by atoms with van der Waals surface area (Å²) < 4.78 is 5.16. The predicted octanol–water partition coefficient (Wildman–Crippen LogP) is 5.25. The molecule has 0 atom stereocenters. The third-order valence-corrected chi connectivity index (χ3v) is 4.66. The molecular formula is C24H27N3O2. The molecule has 0 saturated heterocycles. The van der Waals surface area contributed by atoms with Gasteiger partial charge in [-0.15, -0.1) is 0 Å². The molecule has 0 aliphatic carbocycles. The summed E-state index contributed by atoms with van der Waals surface area (Å²) in [4.78, 5) is 16.7. The molecule has 2 aromatic carbocycles. The highest BCUT2D eigenvalue weighted by molar-refractivity contribution is 6.02. The molecule has 3 aromatic rings. The molecular weight excluding hydrogens is 362 g/mol. The van der Waals surface area contributed by atoms with Crippen LogP contribution < -0.4 is 15.4 Å². The van der Waals surface area contributed by atoms with E-state index < -0.39 is 0 Å². The summed E-state index contributed by atoms with van der Waals surface area (Å²) in [5, 5.41) is 6.19. The van der Waals surface area contributed by atoms with Gasteiger partial charge in [-0.1, -0.05) is 45.0 Å².